The number of amides is 1. The number of hydrogen-bond donors (Lipinski definition) is 2. The second-order valence-electron chi connectivity index (χ2n) is 7.82. The predicted molar refractivity (Wildman–Crippen MR) is 115 cm³/mol. The molecule has 0 spiro atoms. The van der Waals surface area contributed by atoms with Crippen molar-refractivity contribution in [1.82, 2.24) is 15.3 Å². The first kappa shape index (κ1) is 19.2. The number of nitrogens with two attached hydrogens (primary N) is 1. The van der Waals surface area contributed by atoms with E-state index in [1.807, 2.05) is 56.3 Å². The van der Waals surface area contributed by atoms with Gasteiger partial charge in [0.25, 0.3) is 5.91 Å². The molecule has 1 heterocycles. The van der Waals surface area contributed by atoms with E-state index in [4.69, 9.17) is 10.5 Å². The van der Waals surface area contributed by atoms with Crippen molar-refractivity contribution in [2.75, 3.05) is 5.73 Å². The van der Waals surface area contributed by atoms with Crippen LogP contribution in [0.5, 0.6) is 5.88 Å². The van der Waals surface area contributed by atoms with Crippen molar-refractivity contribution in [3.05, 3.63) is 48.0 Å². The number of anilines is 1. The van der Waals surface area contributed by atoms with Crippen LogP contribution < -0.4 is 15.8 Å². The van der Waals surface area contributed by atoms with Crippen LogP contribution in [-0.4, -0.2) is 28.0 Å². The summed E-state index contributed by atoms with van der Waals surface area (Å²) in [6.07, 6.45) is 4.53. The fourth-order valence-corrected chi connectivity index (χ4v) is 3.76. The number of nitrogens with zero attached hydrogens (tertiary/aromatic N) is 2. The van der Waals surface area contributed by atoms with Gasteiger partial charge in [0.2, 0.25) is 11.8 Å². The second kappa shape index (κ2) is 8.07. The van der Waals surface area contributed by atoms with Crippen LogP contribution >= 0.6 is 0 Å². The predicted octanol–water partition coefficient (Wildman–Crippen LogP) is 4.34. The molecule has 0 radical (unpaired) electrons. The molecule has 0 bridgehead atoms. The maximum absolute atomic E-state index is 12.4. The van der Waals surface area contributed by atoms with Crippen molar-refractivity contribution >= 4 is 22.8 Å². The van der Waals surface area contributed by atoms with E-state index in [9.17, 15) is 4.79 Å². The van der Waals surface area contributed by atoms with Crippen molar-refractivity contribution in [2.24, 2.45) is 0 Å². The van der Waals surface area contributed by atoms with E-state index in [1.165, 1.54) is 12.8 Å². The van der Waals surface area contributed by atoms with Gasteiger partial charge in [-0.25, -0.2) is 4.98 Å². The first-order valence-electron chi connectivity index (χ1n) is 10.1. The minimum Gasteiger partial charge on any atom is -0.474 e. The van der Waals surface area contributed by atoms with E-state index in [-0.39, 0.29) is 18.0 Å². The van der Waals surface area contributed by atoms with Crippen LogP contribution in [0.4, 0.5) is 5.95 Å². The van der Waals surface area contributed by atoms with Crippen LogP contribution in [0.25, 0.3) is 22.0 Å². The van der Waals surface area contributed by atoms with Crippen molar-refractivity contribution in [2.45, 2.75) is 51.7 Å². The smallest absolute Gasteiger partial charge is 0.251 e. The molecule has 1 amide bonds. The number of ether oxygens (including phenoxy) is 1. The average molecular weight is 390 g/mol. The Labute approximate surface area is 170 Å². The Morgan fingerprint density at radius 3 is 2.45 bits per heavy atom. The number of aromatic nitrogens is 2. The lowest BCUT2D eigenvalue weighted by atomic mass is 10.0. The monoisotopic (exact) mass is 390 g/mol. The van der Waals surface area contributed by atoms with Gasteiger partial charge >= 0.3 is 0 Å². The zero-order chi connectivity index (χ0) is 20.4. The largest absolute Gasteiger partial charge is 0.474 e. The van der Waals surface area contributed by atoms with Gasteiger partial charge in [-0.3, -0.25) is 4.79 Å². The third-order valence-electron chi connectivity index (χ3n) is 5.20. The highest BCUT2D eigenvalue weighted by atomic mass is 16.5. The molecule has 0 aliphatic heterocycles. The Kier molecular flexibility index (Phi) is 5.34. The molecule has 3 N–H and O–H groups in total. The second-order valence-corrected chi connectivity index (χ2v) is 7.82. The minimum atomic E-state index is -0.0196. The van der Waals surface area contributed by atoms with Gasteiger partial charge in [0, 0.05) is 11.6 Å². The van der Waals surface area contributed by atoms with Gasteiger partial charge in [-0.1, -0.05) is 31.0 Å². The molecule has 150 valence electrons. The molecule has 1 fully saturated rings. The number of fused-ring (bicyclic) bond motifs is 1. The maximum atomic E-state index is 12.4. The topological polar surface area (TPSA) is 90.1 Å². The van der Waals surface area contributed by atoms with E-state index in [1.54, 1.807) is 0 Å². The fourth-order valence-electron chi connectivity index (χ4n) is 3.76. The van der Waals surface area contributed by atoms with E-state index >= 15 is 0 Å². The van der Waals surface area contributed by atoms with Crippen LogP contribution in [-0.2, 0) is 0 Å². The molecule has 0 atom stereocenters. The van der Waals surface area contributed by atoms with Gasteiger partial charge in [-0.05, 0) is 62.1 Å². The molecular weight excluding hydrogens is 364 g/mol. The van der Waals surface area contributed by atoms with Gasteiger partial charge in [0.1, 0.15) is 0 Å². The summed E-state index contributed by atoms with van der Waals surface area (Å²) in [5.74, 6) is 0.675. The lowest BCUT2D eigenvalue weighted by Crippen LogP contribution is -2.32. The van der Waals surface area contributed by atoms with Gasteiger partial charge < -0.3 is 15.8 Å². The van der Waals surface area contributed by atoms with Crippen molar-refractivity contribution < 1.29 is 9.53 Å². The van der Waals surface area contributed by atoms with E-state index < -0.39 is 0 Å². The summed E-state index contributed by atoms with van der Waals surface area (Å²) >= 11 is 0. The summed E-state index contributed by atoms with van der Waals surface area (Å²) in [5, 5.41) is 3.94. The van der Waals surface area contributed by atoms with Crippen molar-refractivity contribution in [1.29, 1.82) is 0 Å². The molecule has 2 aromatic carbocycles. The SMILES string of the molecule is CC(C)Oc1nc(N)nc2ccc(-c3ccc(C(=O)NC4CCCC4)cc3)cc12. The lowest BCUT2D eigenvalue weighted by Gasteiger charge is -2.13. The average Bonchev–Trinajstić information content (AvgIpc) is 3.20. The highest BCUT2D eigenvalue weighted by Crippen LogP contribution is 2.30. The minimum absolute atomic E-state index is 0.00143. The normalized spacial score (nSPS) is 14.4. The number of rotatable bonds is 5. The number of benzene rings is 2. The molecule has 1 aliphatic rings. The Bertz CT molecular complexity index is 1020. The van der Waals surface area contributed by atoms with Gasteiger partial charge in [-0.15, -0.1) is 0 Å². The standard InChI is InChI=1S/C23H26N4O2/c1-14(2)29-22-19-13-17(11-12-20(19)26-23(24)27-22)15-7-9-16(10-8-15)21(28)25-18-5-3-4-6-18/h7-14,18H,3-6H2,1-2H3,(H,25,28)(H2,24,26,27). The molecule has 1 aromatic heterocycles. The van der Waals surface area contributed by atoms with Gasteiger partial charge in [0.05, 0.1) is 17.0 Å². The summed E-state index contributed by atoms with van der Waals surface area (Å²) < 4.78 is 5.83. The molecule has 3 aromatic rings. The summed E-state index contributed by atoms with van der Waals surface area (Å²) in [7, 11) is 0. The maximum Gasteiger partial charge on any atom is 0.251 e. The molecule has 6 heteroatoms. The molecule has 1 saturated carbocycles. The molecular formula is C23H26N4O2. The summed E-state index contributed by atoms with van der Waals surface area (Å²) in [6.45, 7) is 3.90. The van der Waals surface area contributed by atoms with Crippen LogP contribution in [0.1, 0.15) is 49.9 Å². The molecule has 0 saturated heterocycles. The highest BCUT2D eigenvalue weighted by molar-refractivity contribution is 5.95. The summed E-state index contributed by atoms with van der Waals surface area (Å²) in [6, 6.07) is 13.9. The van der Waals surface area contributed by atoms with Gasteiger partial charge in [0.15, 0.2) is 0 Å². The number of nitrogen functional groups attached to an aromatic ring is 1. The zero-order valence-corrected chi connectivity index (χ0v) is 16.8. The third kappa shape index (κ3) is 4.31. The molecule has 4 rings (SSSR count). The summed E-state index contributed by atoms with van der Waals surface area (Å²) in [5.41, 5.74) is 9.25. The van der Waals surface area contributed by atoms with Crippen molar-refractivity contribution in [3.8, 4) is 17.0 Å². The Morgan fingerprint density at radius 2 is 1.76 bits per heavy atom. The van der Waals surface area contributed by atoms with Crippen LogP contribution in [0, 0.1) is 0 Å². The highest BCUT2D eigenvalue weighted by Gasteiger charge is 2.18. The first-order chi connectivity index (χ1) is 14.0. The molecule has 29 heavy (non-hydrogen) atoms. The molecule has 0 unspecified atom stereocenters. The third-order valence-corrected chi connectivity index (χ3v) is 5.20. The fraction of sp³-hybridized carbons (Fsp3) is 0.348. The number of carbonyl (C=O) groups excluding carboxylic acids is 1. The van der Waals surface area contributed by atoms with Crippen molar-refractivity contribution in [3.63, 3.8) is 0 Å². The van der Waals surface area contributed by atoms with Crippen LogP contribution in [0.15, 0.2) is 42.5 Å². The zero-order valence-electron chi connectivity index (χ0n) is 16.8. The van der Waals surface area contributed by atoms with Gasteiger partial charge in [-0.2, -0.15) is 4.98 Å². The van der Waals surface area contributed by atoms with E-state index in [2.05, 4.69) is 15.3 Å². The number of hydrogen-bond acceptors (Lipinski definition) is 5. The van der Waals surface area contributed by atoms with E-state index in [0.717, 1.165) is 34.9 Å². The Balaban J connectivity index is 1.60. The van der Waals surface area contributed by atoms with Crippen LogP contribution in [0.2, 0.25) is 0 Å². The van der Waals surface area contributed by atoms with E-state index in [0.29, 0.717) is 17.5 Å². The molecule has 6 nitrogen and oxygen atoms in total. The Morgan fingerprint density at radius 1 is 1.07 bits per heavy atom. The quantitative estimate of drug-likeness (QED) is 0.676. The number of carbonyl (C=O) groups is 1. The van der Waals surface area contributed by atoms with Crippen LogP contribution in [0.3, 0.4) is 0 Å². The number of nitrogens with one attached hydrogen (secondary N) is 1. The Hall–Kier alpha value is -3.15. The first-order valence-corrected chi connectivity index (χ1v) is 10.1. The summed E-state index contributed by atoms with van der Waals surface area (Å²) in [4.78, 5) is 21.0. The lowest BCUT2D eigenvalue weighted by molar-refractivity contribution is 0.0938. The molecule has 1 aliphatic carbocycles.